The van der Waals surface area contributed by atoms with Crippen molar-refractivity contribution in [1.29, 1.82) is 0 Å². The Bertz CT molecular complexity index is 563. The number of aliphatic hydroxyl groups excluding tert-OH is 1. The standard InChI is InChI=1S/C14H10BrCl2FO/c15-9-4-8(5-10(16)6-9)14(19)7-11-12(17)2-1-3-13(11)18/h1-6,14,19H,7H2. The van der Waals surface area contributed by atoms with Gasteiger partial charge in [0.05, 0.1) is 6.10 Å². The Morgan fingerprint density at radius 2 is 1.95 bits per heavy atom. The van der Waals surface area contributed by atoms with Crippen molar-refractivity contribution in [1.82, 2.24) is 0 Å². The Kier molecular flexibility index (Phi) is 4.85. The fourth-order valence-electron chi connectivity index (χ4n) is 1.81. The molecule has 0 spiro atoms. The van der Waals surface area contributed by atoms with E-state index in [0.29, 0.717) is 21.2 Å². The molecule has 1 nitrogen and oxygen atoms in total. The molecule has 1 unspecified atom stereocenters. The summed E-state index contributed by atoms with van der Waals surface area (Å²) < 4.78 is 14.4. The van der Waals surface area contributed by atoms with Crippen LogP contribution in [0.3, 0.4) is 0 Å². The molecule has 0 saturated carbocycles. The van der Waals surface area contributed by atoms with Crippen LogP contribution in [0, 0.1) is 5.82 Å². The van der Waals surface area contributed by atoms with Gasteiger partial charge in [0.2, 0.25) is 0 Å². The summed E-state index contributed by atoms with van der Waals surface area (Å²) >= 11 is 15.2. The van der Waals surface area contributed by atoms with Gasteiger partial charge in [-0.3, -0.25) is 0 Å². The zero-order chi connectivity index (χ0) is 14.0. The first-order chi connectivity index (χ1) is 8.97. The lowest BCUT2D eigenvalue weighted by atomic mass is 10.0. The average Bonchev–Trinajstić information content (AvgIpc) is 2.32. The second kappa shape index (κ2) is 6.23. The van der Waals surface area contributed by atoms with Gasteiger partial charge in [-0.05, 0) is 35.9 Å². The van der Waals surface area contributed by atoms with Crippen molar-refractivity contribution in [2.45, 2.75) is 12.5 Å². The zero-order valence-electron chi connectivity index (χ0n) is 9.71. The Morgan fingerprint density at radius 3 is 2.58 bits per heavy atom. The minimum absolute atomic E-state index is 0.0955. The fourth-order valence-corrected chi connectivity index (χ4v) is 2.93. The first kappa shape index (κ1) is 14.8. The molecule has 2 aromatic rings. The molecule has 0 aliphatic carbocycles. The van der Waals surface area contributed by atoms with Crippen LogP contribution in [-0.2, 0) is 6.42 Å². The normalized spacial score (nSPS) is 12.5. The van der Waals surface area contributed by atoms with E-state index in [-0.39, 0.29) is 6.42 Å². The molecular formula is C14H10BrCl2FO. The van der Waals surface area contributed by atoms with Crippen LogP contribution in [0.2, 0.25) is 10.0 Å². The quantitative estimate of drug-likeness (QED) is 0.797. The van der Waals surface area contributed by atoms with Crippen LogP contribution in [0.4, 0.5) is 4.39 Å². The van der Waals surface area contributed by atoms with Gasteiger partial charge in [0.15, 0.2) is 0 Å². The average molecular weight is 364 g/mol. The lowest BCUT2D eigenvalue weighted by Crippen LogP contribution is -2.04. The van der Waals surface area contributed by atoms with E-state index in [1.54, 1.807) is 24.3 Å². The summed E-state index contributed by atoms with van der Waals surface area (Å²) in [4.78, 5) is 0. The molecule has 0 fully saturated rings. The van der Waals surface area contributed by atoms with E-state index < -0.39 is 11.9 Å². The Hall–Kier alpha value is -0.610. The molecule has 0 amide bonds. The summed E-state index contributed by atoms with van der Waals surface area (Å²) in [6.45, 7) is 0. The molecule has 0 radical (unpaired) electrons. The van der Waals surface area contributed by atoms with Crippen LogP contribution >= 0.6 is 39.1 Å². The maximum Gasteiger partial charge on any atom is 0.127 e. The molecule has 0 heterocycles. The Balaban J connectivity index is 2.28. The zero-order valence-corrected chi connectivity index (χ0v) is 12.8. The Morgan fingerprint density at radius 1 is 1.21 bits per heavy atom. The van der Waals surface area contributed by atoms with E-state index in [1.165, 1.54) is 12.1 Å². The molecule has 2 aromatic carbocycles. The molecule has 0 saturated heterocycles. The summed E-state index contributed by atoms with van der Waals surface area (Å²) in [6.07, 6.45) is -0.775. The maximum absolute atomic E-state index is 13.7. The topological polar surface area (TPSA) is 20.2 Å². The summed E-state index contributed by atoms with van der Waals surface area (Å²) in [6, 6.07) is 9.55. The van der Waals surface area contributed by atoms with Gasteiger partial charge >= 0.3 is 0 Å². The van der Waals surface area contributed by atoms with E-state index in [2.05, 4.69) is 15.9 Å². The monoisotopic (exact) mass is 362 g/mol. The van der Waals surface area contributed by atoms with Crippen molar-refractivity contribution < 1.29 is 9.50 Å². The molecular weight excluding hydrogens is 354 g/mol. The summed E-state index contributed by atoms with van der Waals surface area (Å²) in [5.41, 5.74) is 0.909. The minimum atomic E-state index is -0.871. The molecule has 1 atom stereocenters. The third-order valence-corrected chi connectivity index (χ3v) is 3.76. The smallest absolute Gasteiger partial charge is 0.127 e. The number of hydrogen-bond acceptors (Lipinski definition) is 1. The van der Waals surface area contributed by atoms with E-state index in [1.807, 2.05) is 0 Å². The van der Waals surface area contributed by atoms with Crippen molar-refractivity contribution >= 4 is 39.1 Å². The number of hydrogen-bond donors (Lipinski definition) is 1. The van der Waals surface area contributed by atoms with Crippen molar-refractivity contribution in [3.63, 3.8) is 0 Å². The molecule has 100 valence electrons. The number of aliphatic hydroxyl groups is 1. The van der Waals surface area contributed by atoms with Crippen molar-refractivity contribution in [3.05, 3.63) is 67.9 Å². The predicted molar refractivity (Wildman–Crippen MR) is 79.2 cm³/mol. The van der Waals surface area contributed by atoms with Crippen molar-refractivity contribution in [2.24, 2.45) is 0 Å². The lowest BCUT2D eigenvalue weighted by molar-refractivity contribution is 0.177. The predicted octanol–water partition coefficient (Wildman–Crippen LogP) is 5.17. The molecule has 0 aliphatic rings. The summed E-state index contributed by atoms with van der Waals surface area (Å²) in [5, 5.41) is 11.0. The van der Waals surface area contributed by atoms with Gasteiger partial charge in [0.1, 0.15) is 5.82 Å². The maximum atomic E-state index is 13.7. The third-order valence-electron chi connectivity index (χ3n) is 2.73. The molecule has 2 rings (SSSR count). The van der Waals surface area contributed by atoms with Gasteiger partial charge in [-0.15, -0.1) is 0 Å². The second-order valence-corrected chi connectivity index (χ2v) is 5.88. The SMILES string of the molecule is OC(Cc1c(F)cccc1Cl)c1cc(Cl)cc(Br)c1. The van der Waals surface area contributed by atoms with Crippen LogP contribution < -0.4 is 0 Å². The van der Waals surface area contributed by atoms with E-state index >= 15 is 0 Å². The first-order valence-corrected chi connectivity index (χ1v) is 7.09. The third kappa shape index (κ3) is 3.69. The highest BCUT2D eigenvalue weighted by atomic mass is 79.9. The summed E-state index contributed by atoms with van der Waals surface area (Å²) in [5.74, 6) is -0.423. The van der Waals surface area contributed by atoms with Gasteiger partial charge in [0, 0.05) is 26.5 Å². The number of rotatable bonds is 3. The highest BCUT2D eigenvalue weighted by molar-refractivity contribution is 9.10. The van der Waals surface area contributed by atoms with Gasteiger partial charge in [-0.25, -0.2) is 4.39 Å². The van der Waals surface area contributed by atoms with Crippen LogP contribution in [0.1, 0.15) is 17.2 Å². The fraction of sp³-hybridized carbons (Fsp3) is 0.143. The Labute approximate surface area is 129 Å². The highest BCUT2D eigenvalue weighted by Gasteiger charge is 2.15. The second-order valence-electron chi connectivity index (χ2n) is 4.12. The molecule has 19 heavy (non-hydrogen) atoms. The van der Waals surface area contributed by atoms with E-state index in [9.17, 15) is 9.50 Å². The highest BCUT2D eigenvalue weighted by Crippen LogP contribution is 2.29. The lowest BCUT2D eigenvalue weighted by Gasteiger charge is -2.13. The van der Waals surface area contributed by atoms with Crippen LogP contribution in [-0.4, -0.2) is 5.11 Å². The molecule has 1 N–H and O–H groups in total. The summed E-state index contributed by atoms with van der Waals surface area (Å²) in [7, 11) is 0. The van der Waals surface area contributed by atoms with E-state index in [4.69, 9.17) is 23.2 Å². The first-order valence-electron chi connectivity index (χ1n) is 5.54. The largest absolute Gasteiger partial charge is 0.388 e. The van der Waals surface area contributed by atoms with Crippen molar-refractivity contribution in [3.8, 4) is 0 Å². The molecule has 0 aliphatic heterocycles. The van der Waals surface area contributed by atoms with Gasteiger partial charge in [-0.2, -0.15) is 0 Å². The van der Waals surface area contributed by atoms with Crippen molar-refractivity contribution in [2.75, 3.05) is 0 Å². The number of benzene rings is 2. The minimum Gasteiger partial charge on any atom is -0.388 e. The van der Waals surface area contributed by atoms with Gasteiger partial charge < -0.3 is 5.11 Å². The van der Waals surface area contributed by atoms with Gasteiger partial charge in [0.25, 0.3) is 0 Å². The number of halogens is 4. The molecule has 5 heteroatoms. The van der Waals surface area contributed by atoms with Crippen LogP contribution in [0.5, 0.6) is 0 Å². The van der Waals surface area contributed by atoms with Crippen LogP contribution in [0.25, 0.3) is 0 Å². The molecule has 0 bridgehead atoms. The van der Waals surface area contributed by atoms with Crippen LogP contribution in [0.15, 0.2) is 40.9 Å². The molecule has 0 aromatic heterocycles. The van der Waals surface area contributed by atoms with E-state index in [0.717, 1.165) is 4.47 Å². The van der Waals surface area contributed by atoms with Gasteiger partial charge in [-0.1, -0.05) is 45.2 Å².